The van der Waals surface area contributed by atoms with Gasteiger partial charge in [-0.2, -0.15) is 26.3 Å². The number of methoxy groups -OCH3 is 1. The second-order valence-corrected chi connectivity index (χ2v) is 8.47. The Balaban J connectivity index is 0.000000479. The smallest absolute Gasteiger partial charge is 0.490 e. The van der Waals surface area contributed by atoms with Crippen molar-refractivity contribution in [1.29, 1.82) is 0 Å². The summed E-state index contributed by atoms with van der Waals surface area (Å²) in [5.41, 5.74) is 4.22. The third-order valence-corrected chi connectivity index (χ3v) is 5.92. The fourth-order valence-electron chi connectivity index (χ4n) is 4.08. The van der Waals surface area contributed by atoms with Gasteiger partial charge in [-0.05, 0) is 18.9 Å². The fraction of sp³-hybridized carbons (Fsp3) is 0.476. The molecule has 2 aromatic rings. The molecule has 204 valence electrons. The Morgan fingerprint density at radius 2 is 1.68 bits per heavy atom. The monoisotopic (exact) mass is 543 g/mol. The number of carboxylic acid groups (broad SMARTS) is 2. The highest BCUT2D eigenvalue weighted by molar-refractivity contribution is 5.97. The van der Waals surface area contributed by atoms with Gasteiger partial charge in [0.1, 0.15) is 11.3 Å². The van der Waals surface area contributed by atoms with Crippen LogP contribution in [0.15, 0.2) is 17.1 Å². The summed E-state index contributed by atoms with van der Waals surface area (Å²) in [4.78, 5) is 34.2. The lowest BCUT2D eigenvalue weighted by atomic mass is 10.0. The molecule has 0 bridgehead atoms. The molecule has 2 heterocycles. The molecule has 1 saturated carbocycles. The number of alkyl halides is 6. The minimum absolute atomic E-state index is 0.109. The Morgan fingerprint density at radius 1 is 1.11 bits per heavy atom. The molecule has 4 N–H and O–H groups in total. The standard InChI is InChI=1S/C19H19F4N3O4.C2HF3O2/c1-30-17-14-9(16(27)10(18(28)29)5-26(14)8-2-3-8)4-12(20)15(17)25-6-11(13(24)7-25)19(21,22)23;3-2(4,5)1(6)7/h4-5,8,11,13H,2-3,6-7,24H2,1H3,(H,28,29);(H,6,7)/t11-,13-;/m1./s1. The van der Waals surface area contributed by atoms with Crippen LogP contribution in [-0.2, 0) is 4.79 Å². The first kappa shape index (κ1) is 28.0. The lowest BCUT2D eigenvalue weighted by molar-refractivity contribution is -0.192. The van der Waals surface area contributed by atoms with E-state index in [1.54, 1.807) is 4.57 Å². The molecule has 4 rings (SSSR count). The molecule has 1 aromatic heterocycles. The number of carboxylic acids is 2. The summed E-state index contributed by atoms with van der Waals surface area (Å²) >= 11 is 0. The number of fused-ring (bicyclic) bond motifs is 1. The zero-order valence-electron chi connectivity index (χ0n) is 18.9. The van der Waals surface area contributed by atoms with Crippen molar-refractivity contribution in [3.8, 4) is 5.75 Å². The van der Waals surface area contributed by atoms with E-state index in [9.17, 15) is 41.0 Å². The first-order valence-corrected chi connectivity index (χ1v) is 10.5. The molecule has 9 nitrogen and oxygen atoms in total. The molecule has 1 aliphatic carbocycles. The van der Waals surface area contributed by atoms with Crippen LogP contribution in [0.2, 0.25) is 0 Å². The van der Waals surface area contributed by atoms with Gasteiger partial charge in [-0.1, -0.05) is 0 Å². The number of nitrogens with zero attached hydrogens (tertiary/aromatic N) is 2. The summed E-state index contributed by atoms with van der Waals surface area (Å²) < 4.78 is 93.5. The van der Waals surface area contributed by atoms with Crippen molar-refractivity contribution >= 4 is 28.5 Å². The molecule has 0 radical (unpaired) electrons. The average molecular weight is 543 g/mol. The van der Waals surface area contributed by atoms with Crippen LogP contribution in [0.25, 0.3) is 10.9 Å². The molecule has 2 fully saturated rings. The lowest BCUT2D eigenvalue weighted by Crippen LogP contribution is -2.38. The van der Waals surface area contributed by atoms with Gasteiger partial charge in [0, 0.05) is 31.4 Å². The number of rotatable bonds is 4. The molecule has 2 aliphatic rings. The van der Waals surface area contributed by atoms with E-state index in [1.807, 2.05) is 0 Å². The Morgan fingerprint density at radius 3 is 2.08 bits per heavy atom. The Kier molecular flexibility index (Phi) is 7.36. The zero-order chi connectivity index (χ0) is 28.0. The van der Waals surface area contributed by atoms with Crippen molar-refractivity contribution in [1.82, 2.24) is 4.57 Å². The number of aromatic carboxylic acids is 1. The van der Waals surface area contributed by atoms with Crippen LogP contribution in [0.3, 0.4) is 0 Å². The van der Waals surface area contributed by atoms with Crippen LogP contribution >= 0.6 is 0 Å². The summed E-state index contributed by atoms with van der Waals surface area (Å²) in [6.07, 6.45) is -7.00. The molecular weight excluding hydrogens is 523 g/mol. The summed E-state index contributed by atoms with van der Waals surface area (Å²) in [7, 11) is 1.22. The number of halogens is 7. The zero-order valence-corrected chi connectivity index (χ0v) is 18.9. The second-order valence-electron chi connectivity index (χ2n) is 8.47. The Hall–Kier alpha value is -3.56. The molecule has 1 aromatic carbocycles. The molecule has 37 heavy (non-hydrogen) atoms. The number of hydrogen-bond donors (Lipinski definition) is 3. The first-order valence-electron chi connectivity index (χ1n) is 10.5. The number of nitrogens with two attached hydrogens (primary N) is 1. The maximum Gasteiger partial charge on any atom is 0.490 e. The Bertz CT molecular complexity index is 1290. The predicted molar refractivity (Wildman–Crippen MR) is 113 cm³/mol. The SMILES string of the molecule is COc1c(N2C[C@@H](N)[C@H](C(F)(F)F)C2)c(F)cc2c(=O)c(C(=O)O)cn(C3CC3)c12.O=C(O)C(F)(F)F. The predicted octanol–water partition coefficient (Wildman–Crippen LogP) is 3.14. The number of anilines is 1. The van der Waals surface area contributed by atoms with Crippen molar-refractivity contribution in [3.63, 3.8) is 0 Å². The number of aliphatic carboxylic acids is 1. The summed E-state index contributed by atoms with van der Waals surface area (Å²) in [6.45, 7) is -0.797. The fourth-order valence-corrected chi connectivity index (χ4v) is 4.08. The number of ether oxygens (including phenoxy) is 1. The van der Waals surface area contributed by atoms with E-state index >= 15 is 4.39 Å². The molecule has 1 aliphatic heterocycles. The van der Waals surface area contributed by atoms with Gasteiger partial charge in [0.05, 0.1) is 23.9 Å². The van der Waals surface area contributed by atoms with Gasteiger partial charge >= 0.3 is 24.3 Å². The third-order valence-electron chi connectivity index (χ3n) is 5.92. The van der Waals surface area contributed by atoms with E-state index in [0.29, 0.717) is 0 Å². The molecular formula is C21H20F7N3O6. The number of benzene rings is 1. The third kappa shape index (κ3) is 5.57. The highest BCUT2D eigenvalue weighted by atomic mass is 19.4. The van der Waals surface area contributed by atoms with Gasteiger partial charge in [-0.25, -0.2) is 14.0 Å². The van der Waals surface area contributed by atoms with E-state index in [4.69, 9.17) is 20.4 Å². The molecule has 0 amide bonds. The van der Waals surface area contributed by atoms with Gasteiger partial charge in [0.2, 0.25) is 5.43 Å². The van der Waals surface area contributed by atoms with E-state index in [2.05, 4.69) is 0 Å². The molecule has 2 atom stereocenters. The quantitative estimate of drug-likeness (QED) is 0.501. The minimum atomic E-state index is -5.08. The van der Waals surface area contributed by atoms with Crippen molar-refractivity contribution in [2.24, 2.45) is 11.7 Å². The van der Waals surface area contributed by atoms with Crippen molar-refractivity contribution in [3.05, 3.63) is 33.9 Å². The van der Waals surface area contributed by atoms with Crippen LogP contribution in [0.5, 0.6) is 5.75 Å². The van der Waals surface area contributed by atoms with E-state index < -0.39 is 59.6 Å². The number of hydrogen-bond acceptors (Lipinski definition) is 6. The summed E-state index contributed by atoms with van der Waals surface area (Å²) in [5, 5.41) is 16.3. The molecule has 1 saturated heterocycles. The van der Waals surface area contributed by atoms with Crippen molar-refractivity contribution in [2.75, 3.05) is 25.1 Å². The second kappa shape index (κ2) is 9.72. The summed E-state index contributed by atoms with van der Waals surface area (Å²) in [6, 6.07) is -0.486. The minimum Gasteiger partial charge on any atom is -0.492 e. The topological polar surface area (TPSA) is 135 Å². The van der Waals surface area contributed by atoms with Gasteiger partial charge in [0.15, 0.2) is 11.6 Å². The number of pyridine rings is 1. The Labute approximate surface area is 202 Å². The van der Waals surface area contributed by atoms with Crippen LogP contribution in [0.1, 0.15) is 29.2 Å². The van der Waals surface area contributed by atoms with Gasteiger partial charge in [-0.3, -0.25) is 4.79 Å². The highest BCUT2D eigenvalue weighted by Crippen LogP contribution is 2.45. The molecule has 0 spiro atoms. The average Bonchev–Trinajstić information content (AvgIpc) is 3.53. The van der Waals surface area contributed by atoms with Crippen LogP contribution in [0, 0.1) is 11.7 Å². The normalized spacial score (nSPS) is 20.0. The van der Waals surface area contributed by atoms with Crippen LogP contribution in [0.4, 0.5) is 36.4 Å². The van der Waals surface area contributed by atoms with Crippen LogP contribution in [-0.4, -0.2) is 65.3 Å². The first-order chi connectivity index (χ1) is 17.0. The van der Waals surface area contributed by atoms with E-state index in [1.165, 1.54) is 18.2 Å². The lowest BCUT2D eigenvalue weighted by Gasteiger charge is -2.25. The van der Waals surface area contributed by atoms with Crippen molar-refractivity contribution < 1.29 is 55.3 Å². The van der Waals surface area contributed by atoms with Gasteiger partial charge in [0.25, 0.3) is 0 Å². The van der Waals surface area contributed by atoms with E-state index in [-0.39, 0.29) is 34.9 Å². The van der Waals surface area contributed by atoms with Gasteiger partial charge < -0.3 is 30.2 Å². The molecule has 0 unspecified atom stereocenters. The number of aromatic nitrogens is 1. The highest BCUT2D eigenvalue weighted by Gasteiger charge is 2.49. The van der Waals surface area contributed by atoms with Crippen molar-refractivity contribution in [2.45, 2.75) is 37.3 Å². The van der Waals surface area contributed by atoms with Gasteiger partial charge in [-0.15, -0.1) is 0 Å². The van der Waals surface area contributed by atoms with Crippen LogP contribution < -0.4 is 20.8 Å². The number of carbonyl (C=O) groups is 2. The van der Waals surface area contributed by atoms with E-state index in [0.717, 1.165) is 18.9 Å². The molecule has 16 heteroatoms. The maximum atomic E-state index is 15.1. The summed E-state index contributed by atoms with van der Waals surface area (Å²) in [5.74, 6) is -7.12. The largest absolute Gasteiger partial charge is 0.492 e. The maximum absolute atomic E-state index is 15.1.